The largest absolute Gasteiger partial charge is 0.497 e. The van der Waals surface area contributed by atoms with Crippen LogP contribution in [0.25, 0.3) is 6.08 Å². The summed E-state index contributed by atoms with van der Waals surface area (Å²) in [7, 11) is 1.62. The highest BCUT2D eigenvalue weighted by molar-refractivity contribution is 9.10. The summed E-state index contributed by atoms with van der Waals surface area (Å²) in [6.45, 7) is 2.04. The van der Waals surface area contributed by atoms with Crippen LogP contribution < -0.4 is 4.74 Å². The molecule has 0 aromatic heterocycles. The maximum atomic E-state index is 11.8. The lowest BCUT2D eigenvalue weighted by Gasteiger charge is -2.03. The molecule has 0 saturated heterocycles. The second-order valence-corrected chi connectivity index (χ2v) is 6.94. The summed E-state index contributed by atoms with van der Waals surface area (Å²) < 4.78 is 6.91. The number of carbonyl (C=O) groups is 1. The second kappa shape index (κ2) is 6.63. The fraction of sp³-hybridized carbons (Fsp3) is 0.231. The van der Waals surface area contributed by atoms with E-state index in [0.717, 1.165) is 25.9 Å². The van der Waals surface area contributed by atoms with E-state index in [4.69, 9.17) is 4.74 Å². The fourth-order valence-electron chi connectivity index (χ4n) is 1.48. The fourth-order valence-corrected chi connectivity index (χ4v) is 3.58. The van der Waals surface area contributed by atoms with Crippen LogP contribution >= 0.6 is 39.5 Å². The van der Waals surface area contributed by atoms with Crippen molar-refractivity contribution >= 4 is 55.0 Å². The number of halogens is 1. The number of benzene rings is 1. The smallest absolute Gasteiger partial charge is 0.244 e. The summed E-state index contributed by atoms with van der Waals surface area (Å²) >= 11 is 6.24. The molecule has 0 aliphatic carbocycles. The van der Waals surface area contributed by atoms with E-state index in [9.17, 15) is 4.79 Å². The molecule has 3 nitrogen and oxygen atoms in total. The monoisotopic (exact) mass is 357 g/mol. The first-order valence-electron chi connectivity index (χ1n) is 5.63. The van der Waals surface area contributed by atoms with Crippen LogP contribution in [0.4, 0.5) is 0 Å². The van der Waals surface area contributed by atoms with E-state index in [2.05, 4.69) is 20.9 Å². The van der Waals surface area contributed by atoms with Crippen LogP contribution in [0, 0.1) is 0 Å². The molecule has 0 N–H and O–H groups in total. The Hall–Kier alpha value is -0.720. The predicted molar refractivity (Wildman–Crippen MR) is 86.8 cm³/mol. The average Bonchev–Trinajstić information content (AvgIpc) is 2.73. The van der Waals surface area contributed by atoms with Gasteiger partial charge in [-0.05, 0) is 47.4 Å². The van der Waals surface area contributed by atoms with Crippen LogP contribution in [0.2, 0.25) is 0 Å². The summed E-state index contributed by atoms with van der Waals surface area (Å²) in [4.78, 5) is 16.2. The molecule has 1 aliphatic rings. The van der Waals surface area contributed by atoms with E-state index >= 15 is 0 Å². The van der Waals surface area contributed by atoms with Gasteiger partial charge in [0.05, 0.1) is 7.11 Å². The van der Waals surface area contributed by atoms with Crippen molar-refractivity contribution in [1.82, 2.24) is 0 Å². The lowest BCUT2D eigenvalue weighted by Crippen LogP contribution is -1.89. The van der Waals surface area contributed by atoms with Crippen LogP contribution in [-0.2, 0) is 4.79 Å². The molecule has 19 heavy (non-hydrogen) atoms. The zero-order valence-corrected chi connectivity index (χ0v) is 13.7. The van der Waals surface area contributed by atoms with Gasteiger partial charge in [-0.2, -0.15) is 0 Å². The van der Waals surface area contributed by atoms with Gasteiger partial charge in [-0.3, -0.25) is 4.79 Å². The lowest BCUT2D eigenvalue weighted by atomic mass is 10.2. The quantitative estimate of drug-likeness (QED) is 0.760. The number of ether oxygens (including phenoxy) is 1. The van der Waals surface area contributed by atoms with Gasteiger partial charge in [-0.25, -0.2) is 4.99 Å². The lowest BCUT2D eigenvalue weighted by molar-refractivity contribution is -0.107. The zero-order valence-electron chi connectivity index (χ0n) is 10.5. The van der Waals surface area contributed by atoms with Gasteiger partial charge in [-0.15, -0.1) is 0 Å². The van der Waals surface area contributed by atoms with E-state index in [1.165, 1.54) is 11.8 Å². The minimum Gasteiger partial charge on any atom is -0.497 e. The van der Waals surface area contributed by atoms with Gasteiger partial charge in [0.15, 0.2) is 0 Å². The number of hydrogen-bond donors (Lipinski definition) is 0. The predicted octanol–water partition coefficient (Wildman–Crippen LogP) is 4.18. The standard InChI is InChI=1S/C13H12BrNO2S2/c1-3-18-13-15-11(12(16)19-13)7-8-6-9(17-2)4-5-10(8)14/h4-7H,3H2,1-2H3/b11-7-. The van der Waals surface area contributed by atoms with Crippen LogP contribution in [0.5, 0.6) is 5.75 Å². The number of nitrogens with zero attached hydrogens (tertiary/aromatic N) is 1. The van der Waals surface area contributed by atoms with Crippen molar-refractivity contribution in [1.29, 1.82) is 0 Å². The Bertz CT molecular complexity index is 570. The maximum Gasteiger partial charge on any atom is 0.244 e. The van der Waals surface area contributed by atoms with Crippen molar-refractivity contribution in [3.8, 4) is 5.75 Å². The molecule has 0 radical (unpaired) electrons. The third-order valence-electron chi connectivity index (χ3n) is 2.36. The summed E-state index contributed by atoms with van der Waals surface area (Å²) in [5.41, 5.74) is 1.37. The average molecular weight is 358 g/mol. The zero-order chi connectivity index (χ0) is 13.8. The van der Waals surface area contributed by atoms with Crippen LogP contribution in [0.15, 0.2) is 33.4 Å². The van der Waals surface area contributed by atoms with Gasteiger partial charge >= 0.3 is 0 Å². The molecule has 0 spiro atoms. The summed E-state index contributed by atoms with van der Waals surface area (Å²) in [6, 6.07) is 5.62. The third kappa shape index (κ3) is 3.64. The SMILES string of the molecule is CCSC1=N/C(=C\c2cc(OC)ccc2Br)C(=O)S1. The maximum absolute atomic E-state index is 11.8. The number of methoxy groups -OCH3 is 1. The minimum atomic E-state index is -0.00864. The third-order valence-corrected chi connectivity index (χ3v) is 4.98. The molecule has 1 heterocycles. The Labute approximate surface area is 129 Å². The number of thioether (sulfide) groups is 2. The molecule has 100 valence electrons. The van der Waals surface area contributed by atoms with Gasteiger partial charge in [0, 0.05) is 4.47 Å². The number of hydrogen-bond acceptors (Lipinski definition) is 5. The van der Waals surface area contributed by atoms with Gasteiger partial charge in [0.2, 0.25) is 5.12 Å². The molecule has 0 unspecified atom stereocenters. The van der Waals surface area contributed by atoms with Gasteiger partial charge in [-0.1, -0.05) is 34.6 Å². The molecule has 2 rings (SSSR count). The normalized spacial score (nSPS) is 16.9. The second-order valence-electron chi connectivity index (χ2n) is 3.62. The molecule has 6 heteroatoms. The molecule has 0 atom stereocenters. The van der Waals surface area contributed by atoms with Crippen LogP contribution in [-0.4, -0.2) is 22.4 Å². The Morgan fingerprint density at radius 1 is 1.53 bits per heavy atom. The summed E-state index contributed by atoms with van der Waals surface area (Å²) in [6.07, 6.45) is 1.78. The molecule has 1 aromatic carbocycles. The van der Waals surface area contributed by atoms with Crippen LogP contribution in [0.3, 0.4) is 0 Å². The van der Waals surface area contributed by atoms with E-state index in [1.807, 2.05) is 25.1 Å². The number of rotatable bonds is 3. The van der Waals surface area contributed by atoms with Crippen molar-refractivity contribution in [3.63, 3.8) is 0 Å². The van der Waals surface area contributed by atoms with Crippen LogP contribution in [0.1, 0.15) is 12.5 Å². The number of carbonyl (C=O) groups excluding carboxylic acids is 1. The highest BCUT2D eigenvalue weighted by Crippen LogP contribution is 2.32. The molecule has 0 bridgehead atoms. The molecule has 0 fully saturated rings. The van der Waals surface area contributed by atoms with Gasteiger partial charge < -0.3 is 4.74 Å². The van der Waals surface area contributed by atoms with Crippen molar-refractivity contribution in [2.75, 3.05) is 12.9 Å². The molecule has 0 saturated carbocycles. The molecular formula is C13H12BrNO2S2. The highest BCUT2D eigenvalue weighted by Gasteiger charge is 2.22. The first-order chi connectivity index (χ1) is 9.13. The Balaban J connectivity index is 2.33. The molecule has 1 aromatic rings. The van der Waals surface area contributed by atoms with Crippen molar-refractivity contribution in [2.45, 2.75) is 6.92 Å². The van der Waals surface area contributed by atoms with Crippen molar-refractivity contribution in [2.24, 2.45) is 4.99 Å². The Kier molecular flexibility index (Phi) is 5.13. The first kappa shape index (κ1) is 14.7. The molecule has 1 aliphatic heterocycles. The Morgan fingerprint density at radius 3 is 3.00 bits per heavy atom. The molecule has 0 amide bonds. The topological polar surface area (TPSA) is 38.7 Å². The van der Waals surface area contributed by atoms with Crippen molar-refractivity contribution < 1.29 is 9.53 Å². The van der Waals surface area contributed by atoms with Gasteiger partial charge in [0.1, 0.15) is 15.8 Å². The van der Waals surface area contributed by atoms with Gasteiger partial charge in [0.25, 0.3) is 0 Å². The summed E-state index contributed by atoms with van der Waals surface area (Å²) in [5.74, 6) is 1.66. The van der Waals surface area contributed by atoms with Crippen molar-refractivity contribution in [3.05, 3.63) is 33.9 Å². The van der Waals surface area contributed by atoms with E-state index in [1.54, 1.807) is 24.9 Å². The minimum absolute atomic E-state index is 0.00864. The highest BCUT2D eigenvalue weighted by atomic mass is 79.9. The van der Waals surface area contributed by atoms with E-state index in [-0.39, 0.29) is 5.12 Å². The first-order valence-corrected chi connectivity index (χ1v) is 8.22. The number of aliphatic imine (C=N–C) groups is 1. The summed E-state index contributed by atoms with van der Waals surface area (Å²) in [5, 5.41) is -0.00864. The van der Waals surface area contributed by atoms with E-state index < -0.39 is 0 Å². The Morgan fingerprint density at radius 2 is 2.32 bits per heavy atom. The van der Waals surface area contributed by atoms with E-state index in [0.29, 0.717) is 5.70 Å². The molecular weight excluding hydrogens is 346 g/mol.